The molecule has 0 spiro atoms. The smallest absolute Gasteiger partial charge is 0.162 e. The number of fused-ring (bicyclic) bond motifs is 2. The van der Waals surface area contributed by atoms with Gasteiger partial charge in [-0.2, -0.15) is 0 Å². The fourth-order valence-corrected chi connectivity index (χ4v) is 7.90. The van der Waals surface area contributed by atoms with E-state index in [4.69, 9.17) is 5.73 Å². The predicted octanol–water partition coefficient (Wildman–Crippen LogP) is 2.43. The second-order valence-corrected chi connectivity index (χ2v) is 12.1. The van der Waals surface area contributed by atoms with Crippen LogP contribution in [0.4, 0.5) is 0 Å². The highest BCUT2D eigenvalue weighted by molar-refractivity contribution is 5.16. The third-order valence-electron chi connectivity index (χ3n) is 9.59. The van der Waals surface area contributed by atoms with E-state index in [0.29, 0.717) is 29.0 Å². The number of nitrogens with one attached hydrogen (secondary N) is 3. The van der Waals surface area contributed by atoms with E-state index in [1.165, 1.54) is 61.0 Å². The summed E-state index contributed by atoms with van der Waals surface area (Å²) in [6.45, 7) is 17.4. The summed E-state index contributed by atoms with van der Waals surface area (Å²) < 4.78 is 0. The zero-order chi connectivity index (χ0) is 22.4. The van der Waals surface area contributed by atoms with Crippen LogP contribution in [0.15, 0.2) is 23.8 Å². The lowest BCUT2D eigenvalue weighted by Crippen LogP contribution is -3.14. The summed E-state index contributed by atoms with van der Waals surface area (Å²) >= 11 is 0. The number of allylic oxidation sites excluding steroid dienone is 2. The maximum Gasteiger partial charge on any atom is 0.162 e. The van der Waals surface area contributed by atoms with E-state index in [0.717, 1.165) is 25.8 Å². The molecule has 0 aromatic rings. The second kappa shape index (κ2) is 8.90. The van der Waals surface area contributed by atoms with Crippen molar-refractivity contribution in [2.24, 2.45) is 28.4 Å². The number of hydrogen-bond donors (Lipinski definition) is 4. The largest absolute Gasteiger partial charge is 0.314 e. The molecule has 31 heavy (non-hydrogen) atoms. The lowest BCUT2D eigenvalue weighted by atomic mass is 9.47. The van der Waals surface area contributed by atoms with Crippen LogP contribution in [0.2, 0.25) is 0 Å². The van der Waals surface area contributed by atoms with E-state index in [2.05, 4.69) is 62.9 Å². The molecule has 7 atom stereocenters. The number of nitrogens with zero attached hydrogens (tertiary/aromatic N) is 1. The number of rotatable bonds is 5. The molecule has 176 valence electrons. The number of likely N-dealkylation sites (N-methyl/N-ethyl adjacent to an activating group) is 1. The monoisotopic (exact) mass is 430 g/mol. The standard InChI is InChI=1S/C26H47N5/c1-18(12-15-31-17-30(6)24-22(31)23(27)28-16-29-24)8-10-20-19(2)9-11-21-25(3,4)13-7-14-26(20,21)5/h12,20-24,28-29H,2,7-11,13-17,27H2,1,3-6H3/p+1/t20-,21-,22?,23?,24?,26+/m0/s1. The second-order valence-electron chi connectivity index (χ2n) is 12.1. The van der Waals surface area contributed by atoms with E-state index >= 15 is 0 Å². The average Bonchev–Trinajstić information content (AvgIpc) is 3.02. The van der Waals surface area contributed by atoms with Crippen LogP contribution in [0.1, 0.15) is 72.6 Å². The zero-order valence-corrected chi connectivity index (χ0v) is 20.8. The third-order valence-corrected chi connectivity index (χ3v) is 9.59. The van der Waals surface area contributed by atoms with Gasteiger partial charge in [-0.15, -0.1) is 0 Å². The van der Waals surface area contributed by atoms with E-state index in [1.807, 2.05) is 0 Å². The lowest BCUT2D eigenvalue weighted by molar-refractivity contribution is -0.900. The van der Waals surface area contributed by atoms with E-state index < -0.39 is 0 Å². The molecule has 5 heteroatoms. The number of nitrogens with two attached hydrogens (primary N) is 1. The minimum Gasteiger partial charge on any atom is -0.314 e. The van der Waals surface area contributed by atoms with Crippen molar-refractivity contribution in [2.75, 3.05) is 26.9 Å². The molecule has 5 nitrogen and oxygen atoms in total. The lowest BCUT2D eigenvalue weighted by Gasteiger charge is -2.58. The molecule has 4 aliphatic rings. The van der Waals surface area contributed by atoms with Crippen molar-refractivity contribution in [3.63, 3.8) is 0 Å². The molecule has 4 fully saturated rings. The van der Waals surface area contributed by atoms with Crippen molar-refractivity contribution in [3.05, 3.63) is 23.8 Å². The molecule has 0 aromatic carbocycles. The molecular weight excluding hydrogens is 382 g/mol. The van der Waals surface area contributed by atoms with Gasteiger partial charge in [0.25, 0.3) is 0 Å². The molecule has 2 aliphatic carbocycles. The molecule has 2 saturated heterocycles. The van der Waals surface area contributed by atoms with Gasteiger partial charge in [-0.3, -0.25) is 10.6 Å². The topological polar surface area (TPSA) is 57.8 Å². The quantitative estimate of drug-likeness (QED) is 0.506. The maximum atomic E-state index is 6.41. The molecule has 2 saturated carbocycles. The van der Waals surface area contributed by atoms with Crippen molar-refractivity contribution in [3.8, 4) is 0 Å². The fourth-order valence-electron chi connectivity index (χ4n) is 7.90. The summed E-state index contributed by atoms with van der Waals surface area (Å²) in [5, 5.41) is 6.97. The van der Waals surface area contributed by atoms with Crippen molar-refractivity contribution in [1.29, 1.82) is 0 Å². The van der Waals surface area contributed by atoms with Gasteiger partial charge in [0.1, 0.15) is 12.7 Å². The van der Waals surface area contributed by atoms with Crippen LogP contribution in [-0.4, -0.2) is 50.2 Å². The fraction of sp³-hybridized carbons (Fsp3) is 0.846. The highest BCUT2D eigenvalue weighted by atomic mass is 15.5. The van der Waals surface area contributed by atoms with Gasteiger partial charge in [0.15, 0.2) is 6.17 Å². The van der Waals surface area contributed by atoms with Crippen molar-refractivity contribution < 1.29 is 4.90 Å². The van der Waals surface area contributed by atoms with Crippen LogP contribution in [0.25, 0.3) is 0 Å². The SMILES string of the molecule is C=C1CC[C@H]2C(C)(C)CCC[C@]2(C)[C@H]1CCC(C)=CCN1C[NH+](C)C2NCNC(N)C21. The molecular formula is C26H48N5+. The highest BCUT2D eigenvalue weighted by Gasteiger charge is 2.52. The Morgan fingerprint density at radius 1 is 1.29 bits per heavy atom. The summed E-state index contributed by atoms with van der Waals surface area (Å²) in [6.07, 6.45) is 12.2. The van der Waals surface area contributed by atoms with Crippen molar-refractivity contribution >= 4 is 0 Å². The maximum absolute atomic E-state index is 6.41. The van der Waals surface area contributed by atoms with Crippen LogP contribution in [0.5, 0.6) is 0 Å². The first kappa shape index (κ1) is 23.4. The minimum absolute atomic E-state index is 0.0505. The van der Waals surface area contributed by atoms with Gasteiger partial charge in [0.2, 0.25) is 0 Å². The summed E-state index contributed by atoms with van der Waals surface area (Å²) in [5.41, 5.74) is 10.4. The third kappa shape index (κ3) is 4.41. The molecule has 2 heterocycles. The Bertz CT molecular complexity index is 700. The molecule has 5 N–H and O–H groups in total. The van der Waals surface area contributed by atoms with Crippen molar-refractivity contribution in [1.82, 2.24) is 15.5 Å². The molecule has 0 radical (unpaired) electrons. The van der Waals surface area contributed by atoms with Gasteiger partial charge in [0.05, 0.1) is 19.9 Å². The first-order valence-corrected chi connectivity index (χ1v) is 12.8. The van der Waals surface area contributed by atoms with Crippen molar-refractivity contribution in [2.45, 2.75) is 91.0 Å². The molecule has 2 aliphatic heterocycles. The Labute approximate surface area is 190 Å². The van der Waals surface area contributed by atoms with Gasteiger partial charge in [-0.25, -0.2) is 4.90 Å². The van der Waals surface area contributed by atoms with Crippen LogP contribution in [0, 0.1) is 22.7 Å². The van der Waals surface area contributed by atoms with Gasteiger partial charge in [0, 0.05) is 6.54 Å². The zero-order valence-electron chi connectivity index (χ0n) is 20.8. The molecule has 0 amide bonds. The van der Waals surface area contributed by atoms with E-state index in [9.17, 15) is 0 Å². The average molecular weight is 431 g/mol. The Balaban J connectivity index is 1.38. The van der Waals surface area contributed by atoms with E-state index in [-0.39, 0.29) is 6.17 Å². The molecule has 4 unspecified atom stereocenters. The first-order chi connectivity index (χ1) is 14.6. The summed E-state index contributed by atoms with van der Waals surface area (Å²) in [4.78, 5) is 4.07. The van der Waals surface area contributed by atoms with Gasteiger partial charge in [-0.1, -0.05) is 51.0 Å². The Hall–Kier alpha value is -0.720. The van der Waals surface area contributed by atoms with E-state index in [1.54, 1.807) is 0 Å². The number of hydrogen-bond acceptors (Lipinski definition) is 4. The molecule has 4 rings (SSSR count). The summed E-state index contributed by atoms with van der Waals surface area (Å²) in [7, 11) is 2.27. The van der Waals surface area contributed by atoms with Crippen LogP contribution < -0.4 is 21.3 Å². The van der Waals surface area contributed by atoms with Crippen LogP contribution in [-0.2, 0) is 0 Å². The minimum atomic E-state index is 0.0505. The Morgan fingerprint density at radius 2 is 2.06 bits per heavy atom. The van der Waals surface area contributed by atoms with Crippen LogP contribution >= 0.6 is 0 Å². The van der Waals surface area contributed by atoms with Gasteiger partial charge >= 0.3 is 0 Å². The highest BCUT2D eigenvalue weighted by Crippen LogP contribution is 2.61. The Morgan fingerprint density at radius 3 is 2.84 bits per heavy atom. The molecule has 0 bridgehead atoms. The van der Waals surface area contributed by atoms with Gasteiger partial charge < -0.3 is 10.6 Å². The molecule has 0 aromatic heterocycles. The Kier molecular flexibility index (Phi) is 6.73. The normalized spacial score (nSPS) is 43.5. The number of quaternary nitrogens is 1. The first-order valence-electron chi connectivity index (χ1n) is 12.8. The van der Waals surface area contributed by atoms with Crippen LogP contribution in [0.3, 0.4) is 0 Å². The predicted molar refractivity (Wildman–Crippen MR) is 129 cm³/mol. The summed E-state index contributed by atoms with van der Waals surface area (Å²) in [6, 6.07) is 0.361. The van der Waals surface area contributed by atoms with Gasteiger partial charge in [-0.05, 0) is 68.1 Å². The summed E-state index contributed by atoms with van der Waals surface area (Å²) in [5.74, 6) is 1.53.